The molecule has 33 heavy (non-hydrogen) atoms. The Hall–Kier alpha value is -3.04. The SMILES string of the molecule is CC(=O)N1c2ccc(S(=O)(=O)N(C)CCCc3cc(-c4ccc(F)cc4)n[nH]3)cc2CC1C. The van der Waals surface area contributed by atoms with E-state index in [1.165, 1.54) is 23.4 Å². The predicted molar refractivity (Wildman–Crippen MR) is 125 cm³/mol. The zero-order valence-electron chi connectivity index (χ0n) is 18.9. The summed E-state index contributed by atoms with van der Waals surface area (Å²) in [6.07, 6.45) is 1.88. The van der Waals surface area contributed by atoms with Crippen molar-refractivity contribution in [1.29, 1.82) is 0 Å². The number of rotatable bonds is 7. The minimum absolute atomic E-state index is 0.0161. The maximum Gasteiger partial charge on any atom is 0.242 e. The average molecular weight is 471 g/mol. The van der Waals surface area contributed by atoms with Crippen molar-refractivity contribution >= 4 is 21.6 Å². The van der Waals surface area contributed by atoms with Crippen molar-refractivity contribution < 1.29 is 17.6 Å². The highest BCUT2D eigenvalue weighted by Gasteiger charge is 2.31. The van der Waals surface area contributed by atoms with E-state index in [0.29, 0.717) is 25.8 Å². The van der Waals surface area contributed by atoms with E-state index in [-0.39, 0.29) is 22.7 Å². The number of aryl methyl sites for hydroxylation is 1. The van der Waals surface area contributed by atoms with E-state index in [4.69, 9.17) is 0 Å². The van der Waals surface area contributed by atoms with Crippen LogP contribution < -0.4 is 4.90 Å². The van der Waals surface area contributed by atoms with Gasteiger partial charge in [-0.3, -0.25) is 9.89 Å². The molecule has 0 aliphatic carbocycles. The minimum atomic E-state index is -3.64. The number of nitrogens with one attached hydrogen (secondary N) is 1. The van der Waals surface area contributed by atoms with Crippen LogP contribution in [0.15, 0.2) is 53.4 Å². The van der Waals surface area contributed by atoms with Gasteiger partial charge in [0.15, 0.2) is 0 Å². The Balaban J connectivity index is 1.39. The minimum Gasteiger partial charge on any atom is -0.309 e. The highest BCUT2D eigenvalue weighted by atomic mass is 32.2. The highest BCUT2D eigenvalue weighted by Crippen LogP contribution is 2.34. The first-order chi connectivity index (χ1) is 15.7. The van der Waals surface area contributed by atoms with E-state index in [9.17, 15) is 17.6 Å². The van der Waals surface area contributed by atoms with E-state index in [0.717, 1.165) is 28.2 Å². The van der Waals surface area contributed by atoms with Crippen molar-refractivity contribution in [2.24, 2.45) is 0 Å². The van der Waals surface area contributed by atoms with E-state index in [1.807, 2.05) is 13.0 Å². The molecule has 1 unspecified atom stereocenters. The number of fused-ring (bicyclic) bond motifs is 1. The predicted octanol–water partition coefficient (Wildman–Crippen LogP) is 3.77. The van der Waals surface area contributed by atoms with Crippen LogP contribution in [0, 0.1) is 5.82 Å². The van der Waals surface area contributed by atoms with Crippen molar-refractivity contribution in [2.45, 2.75) is 44.0 Å². The van der Waals surface area contributed by atoms with Crippen LogP contribution in [-0.2, 0) is 27.7 Å². The number of hydrogen-bond donors (Lipinski definition) is 1. The van der Waals surface area contributed by atoms with Gasteiger partial charge in [0.05, 0.1) is 10.6 Å². The number of halogens is 1. The summed E-state index contributed by atoms with van der Waals surface area (Å²) >= 11 is 0. The molecular weight excluding hydrogens is 443 g/mol. The number of H-pyrrole nitrogens is 1. The molecule has 2 aromatic carbocycles. The van der Waals surface area contributed by atoms with Gasteiger partial charge in [0.2, 0.25) is 15.9 Å². The van der Waals surface area contributed by atoms with E-state index < -0.39 is 10.0 Å². The first kappa shape index (κ1) is 23.1. The normalized spacial score (nSPS) is 15.8. The van der Waals surface area contributed by atoms with E-state index >= 15 is 0 Å². The monoisotopic (exact) mass is 470 g/mol. The lowest BCUT2D eigenvalue weighted by Crippen LogP contribution is -2.33. The molecule has 1 atom stereocenters. The van der Waals surface area contributed by atoms with Gasteiger partial charge in [0.1, 0.15) is 5.82 Å². The fourth-order valence-corrected chi connectivity index (χ4v) is 5.56. The molecule has 0 saturated carbocycles. The lowest BCUT2D eigenvalue weighted by molar-refractivity contribution is -0.116. The van der Waals surface area contributed by atoms with Crippen LogP contribution in [0.2, 0.25) is 0 Å². The molecule has 1 aromatic heterocycles. The fourth-order valence-electron chi connectivity index (χ4n) is 4.30. The summed E-state index contributed by atoms with van der Waals surface area (Å²) in [6, 6.07) is 13.0. The summed E-state index contributed by atoms with van der Waals surface area (Å²) in [5.41, 5.74) is 4.08. The molecule has 174 valence electrons. The van der Waals surface area contributed by atoms with E-state index in [1.54, 1.807) is 42.3 Å². The number of hydrogen-bond acceptors (Lipinski definition) is 4. The second kappa shape index (κ2) is 9.07. The molecule has 2 heterocycles. The Labute approximate surface area is 193 Å². The lowest BCUT2D eigenvalue weighted by atomic mass is 10.1. The summed E-state index contributed by atoms with van der Waals surface area (Å²) in [5.74, 6) is -0.344. The molecule has 7 nitrogen and oxygen atoms in total. The quantitative estimate of drug-likeness (QED) is 0.570. The molecular formula is C24H27FN4O3S. The number of sulfonamides is 1. The first-order valence-electron chi connectivity index (χ1n) is 10.9. The maximum atomic E-state index is 13.1. The number of aromatic nitrogens is 2. The molecule has 0 radical (unpaired) electrons. The molecule has 9 heteroatoms. The zero-order chi connectivity index (χ0) is 23.8. The Kier molecular flexibility index (Phi) is 6.36. The Morgan fingerprint density at radius 3 is 2.64 bits per heavy atom. The van der Waals surface area contributed by atoms with Crippen molar-refractivity contribution in [3.05, 3.63) is 65.6 Å². The van der Waals surface area contributed by atoms with Crippen LogP contribution in [0.5, 0.6) is 0 Å². The van der Waals surface area contributed by atoms with Crippen molar-refractivity contribution in [3.8, 4) is 11.3 Å². The van der Waals surface area contributed by atoms with Gasteiger partial charge in [-0.15, -0.1) is 0 Å². The van der Waals surface area contributed by atoms with Crippen molar-refractivity contribution in [3.63, 3.8) is 0 Å². The van der Waals surface area contributed by atoms with Gasteiger partial charge in [-0.1, -0.05) is 0 Å². The molecule has 4 rings (SSSR count). The molecule has 0 saturated heterocycles. The highest BCUT2D eigenvalue weighted by molar-refractivity contribution is 7.89. The van der Waals surface area contributed by atoms with Gasteiger partial charge in [-0.05, 0) is 80.3 Å². The van der Waals surface area contributed by atoms with Gasteiger partial charge in [0.25, 0.3) is 0 Å². The molecule has 1 aliphatic heterocycles. The third-order valence-corrected chi connectivity index (χ3v) is 7.86. The number of aromatic amines is 1. The topological polar surface area (TPSA) is 86.4 Å². The molecule has 1 aliphatic rings. The van der Waals surface area contributed by atoms with Crippen LogP contribution in [0.1, 0.15) is 31.5 Å². The molecule has 1 amide bonds. The van der Waals surface area contributed by atoms with Gasteiger partial charge in [0, 0.05) is 43.5 Å². The zero-order valence-corrected chi connectivity index (χ0v) is 19.7. The molecule has 1 N–H and O–H groups in total. The van der Waals surface area contributed by atoms with Crippen LogP contribution in [0.4, 0.5) is 10.1 Å². The molecule has 0 fully saturated rings. The Bertz CT molecular complexity index is 1270. The summed E-state index contributed by atoms with van der Waals surface area (Å²) in [5, 5.41) is 7.23. The van der Waals surface area contributed by atoms with Crippen LogP contribution in [-0.4, -0.2) is 48.5 Å². The van der Waals surface area contributed by atoms with Gasteiger partial charge in [-0.25, -0.2) is 17.1 Å². The summed E-state index contributed by atoms with van der Waals surface area (Å²) in [4.78, 5) is 13.9. The number of amides is 1. The van der Waals surface area contributed by atoms with Crippen LogP contribution in [0.3, 0.4) is 0 Å². The first-order valence-corrected chi connectivity index (χ1v) is 12.3. The van der Waals surface area contributed by atoms with E-state index in [2.05, 4.69) is 10.2 Å². The fraction of sp³-hybridized carbons (Fsp3) is 0.333. The summed E-state index contributed by atoms with van der Waals surface area (Å²) < 4.78 is 40.6. The number of carbonyl (C=O) groups is 1. The third-order valence-electron chi connectivity index (χ3n) is 6.00. The van der Waals surface area contributed by atoms with Crippen molar-refractivity contribution in [2.75, 3.05) is 18.5 Å². The standard InChI is InChI=1S/C24H27FN4O3S/c1-16-13-19-14-22(10-11-24(19)29(16)17(2)30)33(31,32)28(3)12-4-5-21-15-23(27-26-21)18-6-8-20(25)9-7-18/h6-11,14-16H,4-5,12-13H2,1-3H3,(H,26,27). The van der Waals surface area contributed by atoms with Gasteiger partial charge < -0.3 is 4.90 Å². The summed E-state index contributed by atoms with van der Waals surface area (Å²) in [7, 11) is -2.07. The average Bonchev–Trinajstić information content (AvgIpc) is 3.37. The molecule has 3 aromatic rings. The van der Waals surface area contributed by atoms with Gasteiger partial charge in [-0.2, -0.15) is 5.10 Å². The summed E-state index contributed by atoms with van der Waals surface area (Å²) in [6.45, 7) is 3.82. The second-order valence-corrected chi connectivity index (χ2v) is 10.5. The molecule has 0 spiro atoms. The number of carbonyl (C=O) groups excluding carboxylic acids is 1. The van der Waals surface area contributed by atoms with Crippen LogP contribution in [0.25, 0.3) is 11.3 Å². The Morgan fingerprint density at radius 1 is 1.21 bits per heavy atom. The maximum absolute atomic E-state index is 13.1. The number of benzene rings is 2. The second-order valence-electron chi connectivity index (χ2n) is 8.45. The largest absolute Gasteiger partial charge is 0.309 e. The van der Waals surface area contributed by atoms with Gasteiger partial charge >= 0.3 is 0 Å². The smallest absolute Gasteiger partial charge is 0.242 e. The number of anilines is 1. The number of nitrogens with zero attached hydrogens (tertiary/aromatic N) is 3. The van der Waals surface area contributed by atoms with Crippen LogP contribution >= 0.6 is 0 Å². The molecule has 0 bridgehead atoms. The lowest BCUT2D eigenvalue weighted by Gasteiger charge is -2.21. The Morgan fingerprint density at radius 2 is 1.94 bits per heavy atom. The third kappa shape index (κ3) is 4.69. The van der Waals surface area contributed by atoms with Crippen molar-refractivity contribution in [1.82, 2.24) is 14.5 Å².